The topological polar surface area (TPSA) is 87.7 Å². The van der Waals surface area contributed by atoms with E-state index in [1.807, 2.05) is 6.07 Å². The fourth-order valence-corrected chi connectivity index (χ4v) is 3.54. The van der Waals surface area contributed by atoms with Gasteiger partial charge in [-0.05, 0) is 43.2 Å². The number of ether oxygens (including phenoxy) is 1. The quantitative estimate of drug-likeness (QED) is 0.599. The van der Waals surface area contributed by atoms with E-state index in [0.29, 0.717) is 37.7 Å². The molecule has 3 amide bonds. The third-order valence-electron chi connectivity index (χ3n) is 5.04. The van der Waals surface area contributed by atoms with Gasteiger partial charge in [0.1, 0.15) is 0 Å². The molecule has 1 fully saturated rings. The zero-order chi connectivity index (χ0) is 24.0. The fourth-order valence-electron chi connectivity index (χ4n) is 3.31. The summed E-state index contributed by atoms with van der Waals surface area (Å²) in [6.45, 7) is 0.0444. The van der Waals surface area contributed by atoms with Crippen LogP contribution in [0, 0.1) is 5.92 Å². The number of amides is 3. The van der Waals surface area contributed by atoms with Gasteiger partial charge in [-0.1, -0.05) is 29.8 Å². The second-order valence-electron chi connectivity index (χ2n) is 7.41. The average Bonchev–Trinajstić information content (AvgIpc) is 2.79. The Bertz CT molecular complexity index is 1010. The van der Waals surface area contributed by atoms with Gasteiger partial charge in [-0.3, -0.25) is 9.59 Å². The second kappa shape index (κ2) is 10.6. The molecule has 0 aliphatic carbocycles. The van der Waals surface area contributed by atoms with Gasteiger partial charge >= 0.3 is 18.2 Å². The molecular formula is C22H21ClF3N3O4. The van der Waals surface area contributed by atoms with E-state index in [1.165, 1.54) is 6.07 Å². The van der Waals surface area contributed by atoms with E-state index in [2.05, 4.69) is 10.6 Å². The van der Waals surface area contributed by atoms with E-state index in [9.17, 15) is 27.6 Å². The highest BCUT2D eigenvalue weighted by Crippen LogP contribution is 2.36. The molecule has 1 saturated heterocycles. The molecule has 7 nitrogen and oxygen atoms in total. The number of esters is 1. The van der Waals surface area contributed by atoms with Gasteiger partial charge in [-0.15, -0.1) is 0 Å². The molecule has 176 valence electrons. The summed E-state index contributed by atoms with van der Waals surface area (Å²) in [7, 11) is 0. The van der Waals surface area contributed by atoms with Crippen LogP contribution in [0.2, 0.25) is 5.02 Å². The minimum Gasteiger partial charge on any atom is -0.455 e. The molecule has 0 spiro atoms. The maximum absolute atomic E-state index is 12.9. The van der Waals surface area contributed by atoms with Crippen LogP contribution in [0.3, 0.4) is 0 Å². The number of carbonyl (C=O) groups is 3. The number of likely N-dealkylation sites (tertiary alicyclic amines) is 1. The van der Waals surface area contributed by atoms with Crippen LogP contribution < -0.4 is 10.6 Å². The number of carbonyl (C=O) groups excluding carboxylic acids is 3. The number of hydrogen-bond acceptors (Lipinski definition) is 4. The number of piperidine rings is 1. The number of nitrogens with one attached hydrogen (secondary N) is 2. The standard InChI is InChI=1S/C22H21ClF3N3O4/c23-18-7-6-16(12-17(18)22(24,25)26)27-19(30)13-33-20(31)14-8-10-29(11-9-14)21(32)28-15-4-2-1-3-5-15/h1-7,12,14H,8-11,13H2,(H,27,30)(H,28,32). The van der Waals surface area contributed by atoms with Crippen molar-refractivity contribution >= 4 is 40.9 Å². The number of urea groups is 1. The monoisotopic (exact) mass is 483 g/mol. The van der Waals surface area contributed by atoms with Crippen LogP contribution in [0.4, 0.5) is 29.3 Å². The van der Waals surface area contributed by atoms with Crippen molar-refractivity contribution in [3.05, 3.63) is 59.1 Å². The van der Waals surface area contributed by atoms with Gasteiger partial charge in [-0.2, -0.15) is 13.2 Å². The van der Waals surface area contributed by atoms with Gasteiger partial charge in [0.25, 0.3) is 5.91 Å². The molecule has 1 aliphatic rings. The van der Waals surface area contributed by atoms with Crippen LogP contribution in [-0.4, -0.2) is 42.5 Å². The van der Waals surface area contributed by atoms with Gasteiger partial charge < -0.3 is 20.3 Å². The number of anilines is 2. The lowest BCUT2D eigenvalue weighted by molar-refractivity contribution is -0.152. The normalized spacial score (nSPS) is 14.5. The number of benzene rings is 2. The van der Waals surface area contributed by atoms with E-state index in [4.69, 9.17) is 16.3 Å². The van der Waals surface area contributed by atoms with E-state index in [-0.39, 0.29) is 11.7 Å². The SMILES string of the molecule is O=C(COC(=O)C1CCN(C(=O)Nc2ccccc2)CC1)Nc1ccc(Cl)c(C(F)(F)F)c1. The van der Waals surface area contributed by atoms with Crippen molar-refractivity contribution in [1.29, 1.82) is 0 Å². The van der Waals surface area contributed by atoms with Crippen LogP contribution in [0.15, 0.2) is 48.5 Å². The fraction of sp³-hybridized carbons (Fsp3) is 0.318. The number of halogens is 4. The minimum absolute atomic E-state index is 0.120. The Balaban J connectivity index is 1.43. The molecule has 11 heteroatoms. The predicted molar refractivity (Wildman–Crippen MR) is 116 cm³/mol. The van der Waals surface area contributed by atoms with Crippen LogP contribution >= 0.6 is 11.6 Å². The highest BCUT2D eigenvalue weighted by atomic mass is 35.5. The maximum Gasteiger partial charge on any atom is 0.417 e. The molecule has 0 bridgehead atoms. The molecular weight excluding hydrogens is 463 g/mol. The third-order valence-corrected chi connectivity index (χ3v) is 5.37. The Labute approximate surface area is 192 Å². The van der Waals surface area contributed by atoms with Crippen LogP contribution in [0.25, 0.3) is 0 Å². The Morgan fingerprint density at radius 3 is 2.30 bits per heavy atom. The Morgan fingerprint density at radius 2 is 1.67 bits per heavy atom. The molecule has 33 heavy (non-hydrogen) atoms. The smallest absolute Gasteiger partial charge is 0.417 e. The number of alkyl halides is 3. The highest BCUT2D eigenvalue weighted by molar-refractivity contribution is 6.31. The van der Waals surface area contributed by atoms with Gasteiger partial charge in [0.05, 0.1) is 16.5 Å². The van der Waals surface area contributed by atoms with Gasteiger partial charge in [0, 0.05) is 24.5 Å². The van der Waals surface area contributed by atoms with Crippen LogP contribution in [0.5, 0.6) is 0 Å². The van der Waals surface area contributed by atoms with Crippen molar-refractivity contribution in [3.8, 4) is 0 Å². The summed E-state index contributed by atoms with van der Waals surface area (Å²) in [4.78, 5) is 38.2. The lowest BCUT2D eigenvalue weighted by Gasteiger charge is -2.30. The largest absolute Gasteiger partial charge is 0.455 e. The van der Waals surface area contributed by atoms with Crippen molar-refractivity contribution in [2.75, 3.05) is 30.3 Å². The minimum atomic E-state index is -4.67. The van der Waals surface area contributed by atoms with Crippen LogP contribution in [0.1, 0.15) is 18.4 Å². The maximum atomic E-state index is 12.9. The summed E-state index contributed by atoms with van der Waals surface area (Å²) < 4.78 is 43.8. The Hall–Kier alpha value is -3.27. The Morgan fingerprint density at radius 1 is 1.00 bits per heavy atom. The van der Waals surface area contributed by atoms with E-state index >= 15 is 0 Å². The molecule has 3 rings (SSSR count). The molecule has 1 aliphatic heterocycles. The second-order valence-corrected chi connectivity index (χ2v) is 7.81. The molecule has 2 N–H and O–H groups in total. The van der Waals surface area contributed by atoms with E-state index in [0.717, 1.165) is 6.07 Å². The first-order valence-corrected chi connectivity index (χ1v) is 10.5. The van der Waals surface area contributed by atoms with E-state index in [1.54, 1.807) is 29.2 Å². The third kappa shape index (κ3) is 6.85. The Kier molecular flexibility index (Phi) is 7.80. The van der Waals surface area contributed by atoms with Crippen molar-refractivity contribution < 1.29 is 32.3 Å². The number of para-hydroxylation sites is 1. The molecule has 0 aromatic heterocycles. The molecule has 1 heterocycles. The van der Waals surface area contributed by atoms with Crippen molar-refractivity contribution in [3.63, 3.8) is 0 Å². The zero-order valence-electron chi connectivity index (χ0n) is 17.3. The molecule has 0 atom stereocenters. The summed E-state index contributed by atoms with van der Waals surface area (Å²) in [6, 6.07) is 11.6. The lowest BCUT2D eigenvalue weighted by Crippen LogP contribution is -2.43. The number of rotatable bonds is 5. The van der Waals surface area contributed by atoms with Crippen molar-refractivity contribution in [2.24, 2.45) is 5.92 Å². The van der Waals surface area contributed by atoms with Gasteiger partial charge in [-0.25, -0.2) is 4.79 Å². The highest BCUT2D eigenvalue weighted by Gasteiger charge is 2.33. The summed E-state index contributed by atoms with van der Waals surface area (Å²) in [6.07, 6.45) is -3.93. The first kappa shape index (κ1) is 24.4. The molecule has 2 aromatic carbocycles. The van der Waals surface area contributed by atoms with E-state index < -0.39 is 41.2 Å². The first-order valence-electron chi connectivity index (χ1n) is 10.1. The van der Waals surface area contributed by atoms with Gasteiger partial charge in [0.15, 0.2) is 6.61 Å². The van der Waals surface area contributed by atoms with Crippen LogP contribution in [-0.2, 0) is 20.5 Å². The molecule has 0 saturated carbocycles. The molecule has 2 aromatic rings. The molecule has 0 radical (unpaired) electrons. The van der Waals surface area contributed by atoms with Crippen molar-refractivity contribution in [1.82, 2.24) is 4.90 Å². The number of hydrogen-bond donors (Lipinski definition) is 2. The van der Waals surface area contributed by atoms with Gasteiger partial charge in [0.2, 0.25) is 0 Å². The number of nitrogens with zero attached hydrogens (tertiary/aromatic N) is 1. The predicted octanol–water partition coefficient (Wildman–Crippen LogP) is 4.78. The van der Waals surface area contributed by atoms with Crippen molar-refractivity contribution in [2.45, 2.75) is 19.0 Å². The summed E-state index contributed by atoms with van der Waals surface area (Å²) >= 11 is 5.55. The first-order chi connectivity index (χ1) is 15.6. The molecule has 0 unspecified atom stereocenters. The zero-order valence-corrected chi connectivity index (χ0v) is 18.1. The lowest BCUT2D eigenvalue weighted by atomic mass is 9.97. The average molecular weight is 484 g/mol. The summed E-state index contributed by atoms with van der Waals surface area (Å²) in [5, 5.41) is 4.53. The summed E-state index contributed by atoms with van der Waals surface area (Å²) in [5.74, 6) is -1.86. The summed E-state index contributed by atoms with van der Waals surface area (Å²) in [5.41, 5.74) is -0.536.